The molecule has 4 amide bonds. The van der Waals surface area contributed by atoms with Crippen molar-refractivity contribution < 1.29 is 18.8 Å². The van der Waals surface area contributed by atoms with E-state index >= 15 is 0 Å². The summed E-state index contributed by atoms with van der Waals surface area (Å²) >= 11 is 0. The molecule has 2 N–H and O–H groups in total. The average molecular weight is 355 g/mol. The molecule has 136 valence electrons. The van der Waals surface area contributed by atoms with Gasteiger partial charge in [0, 0.05) is 5.39 Å². The Morgan fingerprint density at radius 3 is 2.81 bits per heavy atom. The molecule has 2 heterocycles. The smallest absolute Gasteiger partial charge is 0.325 e. The topological polar surface area (TPSA) is 91.7 Å². The minimum absolute atomic E-state index is 0.168. The number of nitrogens with one attached hydrogen (secondary N) is 2. The van der Waals surface area contributed by atoms with Crippen LogP contribution < -0.4 is 10.6 Å². The molecule has 2 aliphatic rings. The van der Waals surface area contributed by atoms with E-state index in [1.165, 1.54) is 0 Å². The summed E-state index contributed by atoms with van der Waals surface area (Å²) in [6, 6.07) is 8.59. The number of nitrogens with zero attached hydrogens (tertiary/aromatic N) is 1. The van der Waals surface area contributed by atoms with E-state index in [2.05, 4.69) is 10.6 Å². The minimum Gasteiger partial charge on any atom is -0.459 e. The van der Waals surface area contributed by atoms with Crippen LogP contribution >= 0.6 is 0 Å². The van der Waals surface area contributed by atoms with Crippen LogP contribution in [0.5, 0.6) is 0 Å². The van der Waals surface area contributed by atoms with Crippen molar-refractivity contribution in [3.63, 3.8) is 0 Å². The number of carbonyl (C=O) groups is 3. The lowest BCUT2D eigenvalue weighted by Crippen LogP contribution is -2.47. The largest absolute Gasteiger partial charge is 0.459 e. The first-order valence-electron chi connectivity index (χ1n) is 8.80. The molecule has 7 heteroatoms. The zero-order valence-corrected chi connectivity index (χ0v) is 14.7. The Bertz CT molecular complexity index is 868. The number of para-hydroxylation sites is 1. The summed E-state index contributed by atoms with van der Waals surface area (Å²) in [7, 11) is 0. The van der Waals surface area contributed by atoms with E-state index < -0.39 is 17.5 Å². The average Bonchev–Trinajstić information content (AvgIpc) is 3.33. The predicted molar refractivity (Wildman–Crippen MR) is 94.1 cm³/mol. The van der Waals surface area contributed by atoms with Gasteiger partial charge in [-0.1, -0.05) is 18.2 Å². The van der Waals surface area contributed by atoms with E-state index in [-0.39, 0.29) is 24.4 Å². The third-order valence-corrected chi connectivity index (χ3v) is 5.25. The molecule has 0 radical (unpaired) electrons. The van der Waals surface area contributed by atoms with E-state index in [4.69, 9.17) is 4.42 Å². The normalized spacial score (nSPS) is 24.0. The molecule has 1 saturated carbocycles. The maximum atomic E-state index is 12.6. The zero-order valence-electron chi connectivity index (χ0n) is 14.7. The van der Waals surface area contributed by atoms with E-state index in [1.54, 1.807) is 13.8 Å². The van der Waals surface area contributed by atoms with Gasteiger partial charge >= 0.3 is 6.03 Å². The van der Waals surface area contributed by atoms with Gasteiger partial charge in [-0.25, -0.2) is 4.79 Å². The Morgan fingerprint density at radius 1 is 1.38 bits per heavy atom. The SMILES string of the molecule is C[C@@H](NC(=O)CN1C(=O)N[C@](C)(C2CC2)C1=O)c1cc2ccccc2o1. The van der Waals surface area contributed by atoms with Gasteiger partial charge in [-0.2, -0.15) is 0 Å². The van der Waals surface area contributed by atoms with Crippen molar-refractivity contribution in [3.05, 3.63) is 36.1 Å². The van der Waals surface area contributed by atoms with E-state index in [0.29, 0.717) is 5.76 Å². The van der Waals surface area contributed by atoms with Gasteiger partial charge in [-0.15, -0.1) is 0 Å². The fourth-order valence-electron chi connectivity index (χ4n) is 3.51. The van der Waals surface area contributed by atoms with Gasteiger partial charge in [0.25, 0.3) is 5.91 Å². The van der Waals surface area contributed by atoms with E-state index in [0.717, 1.165) is 28.7 Å². The van der Waals surface area contributed by atoms with Crippen LogP contribution in [0.15, 0.2) is 34.7 Å². The van der Waals surface area contributed by atoms with Crippen molar-refractivity contribution in [1.29, 1.82) is 0 Å². The third-order valence-electron chi connectivity index (χ3n) is 5.25. The number of hydrogen-bond acceptors (Lipinski definition) is 4. The second kappa shape index (κ2) is 5.86. The molecule has 7 nitrogen and oxygen atoms in total. The number of hydrogen-bond donors (Lipinski definition) is 2. The van der Waals surface area contributed by atoms with Gasteiger partial charge < -0.3 is 15.1 Å². The van der Waals surface area contributed by atoms with Crippen LogP contribution in [0.1, 0.15) is 38.5 Å². The number of rotatable bonds is 5. The fraction of sp³-hybridized carbons (Fsp3) is 0.421. The summed E-state index contributed by atoms with van der Waals surface area (Å²) in [5, 5.41) is 6.49. The summed E-state index contributed by atoms with van der Waals surface area (Å²) < 4.78 is 5.74. The fourth-order valence-corrected chi connectivity index (χ4v) is 3.51. The zero-order chi connectivity index (χ0) is 18.5. The number of imide groups is 1. The summed E-state index contributed by atoms with van der Waals surface area (Å²) in [5.74, 6) is 0.0686. The molecule has 0 bridgehead atoms. The highest BCUT2D eigenvalue weighted by Gasteiger charge is 2.56. The number of amides is 4. The van der Waals surface area contributed by atoms with Gasteiger partial charge in [0.05, 0.1) is 6.04 Å². The molecule has 26 heavy (non-hydrogen) atoms. The van der Waals surface area contributed by atoms with E-state index in [9.17, 15) is 14.4 Å². The monoisotopic (exact) mass is 355 g/mol. The minimum atomic E-state index is -0.873. The molecule has 0 unspecified atom stereocenters. The van der Waals surface area contributed by atoms with Crippen LogP contribution in [-0.2, 0) is 9.59 Å². The summed E-state index contributed by atoms with van der Waals surface area (Å²) in [6.07, 6.45) is 1.84. The molecule has 4 rings (SSSR count). The number of furan rings is 1. The first-order chi connectivity index (χ1) is 12.4. The molecule has 1 aromatic heterocycles. The molecule has 1 aliphatic carbocycles. The Balaban J connectivity index is 1.42. The molecule has 1 saturated heterocycles. The van der Waals surface area contributed by atoms with Gasteiger partial charge in [-0.05, 0) is 44.7 Å². The molecule has 2 fully saturated rings. The lowest BCUT2D eigenvalue weighted by molar-refractivity contribution is -0.135. The predicted octanol–water partition coefficient (Wildman–Crippen LogP) is 2.33. The van der Waals surface area contributed by atoms with Crippen LogP contribution in [0.25, 0.3) is 11.0 Å². The van der Waals surface area contributed by atoms with Crippen molar-refractivity contribution in [2.75, 3.05) is 6.54 Å². The highest BCUT2D eigenvalue weighted by molar-refractivity contribution is 6.09. The summed E-state index contributed by atoms with van der Waals surface area (Å²) in [5.41, 5.74) is -0.125. The Hall–Kier alpha value is -2.83. The van der Waals surface area contributed by atoms with Crippen molar-refractivity contribution in [3.8, 4) is 0 Å². The highest BCUT2D eigenvalue weighted by atomic mass is 16.3. The molecule has 2 atom stereocenters. The van der Waals surface area contributed by atoms with Crippen molar-refractivity contribution >= 4 is 28.8 Å². The standard InChI is InChI=1S/C19H21N3O4/c1-11(15-9-12-5-3-4-6-14(12)26-15)20-16(23)10-22-17(24)19(2,13-7-8-13)21-18(22)25/h3-6,9,11,13H,7-8,10H2,1-2H3,(H,20,23)(H,21,25)/t11-,19-/m1/s1. The summed E-state index contributed by atoms with van der Waals surface area (Å²) in [6.45, 7) is 3.24. The number of fused-ring (bicyclic) bond motifs is 1. The number of benzene rings is 1. The number of urea groups is 1. The van der Waals surface area contributed by atoms with E-state index in [1.807, 2.05) is 30.3 Å². The van der Waals surface area contributed by atoms with Crippen LogP contribution in [0.2, 0.25) is 0 Å². The van der Waals surface area contributed by atoms with Gasteiger partial charge in [0.1, 0.15) is 23.4 Å². The Kier molecular flexibility index (Phi) is 3.75. The molecule has 2 aromatic rings. The highest BCUT2D eigenvalue weighted by Crippen LogP contribution is 2.42. The van der Waals surface area contributed by atoms with Gasteiger partial charge in [-0.3, -0.25) is 14.5 Å². The quantitative estimate of drug-likeness (QED) is 0.805. The van der Waals surface area contributed by atoms with Gasteiger partial charge in [0.2, 0.25) is 5.91 Å². The molecular weight excluding hydrogens is 334 g/mol. The van der Waals surface area contributed by atoms with Crippen molar-refractivity contribution in [1.82, 2.24) is 15.5 Å². The van der Waals surface area contributed by atoms with Crippen LogP contribution in [0, 0.1) is 5.92 Å². The van der Waals surface area contributed by atoms with Crippen molar-refractivity contribution in [2.24, 2.45) is 5.92 Å². The number of carbonyl (C=O) groups excluding carboxylic acids is 3. The molecule has 1 aromatic carbocycles. The van der Waals surface area contributed by atoms with Crippen molar-refractivity contribution in [2.45, 2.75) is 38.3 Å². The third kappa shape index (κ3) is 2.73. The molecular formula is C19H21N3O4. The van der Waals surface area contributed by atoms with Crippen LogP contribution in [-0.4, -0.2) is 34.8 Å². The maximum absolute atomic E-state index is 12.6. The van der Waals surface area contributed by atoms with Crippen LogP contribution in [0.3, 0.4) is 0 Å². The second-order valence-corrected chi connectivity index (χ2v) is 7.27. The van der Waals surface area contributed by atoms with Crippen LogP contribution in [0.4, 0.5) is 4.79 Å². The first-order valence-corrected chi connectivity index (χ1v) is 8.80. The van der Waals surface area contributed by atoms with Gasteiger partial charge in [0.15, 0.2) is 0 Å². The lowest BCUT2D eigenvalue weighted by atomic mass is 9.96. The maximum Gasteiger partial charge on any atom is 0.325 e. The Morgan fingerprint density at radius 2 is 2.12 bits per heavy atom. The first kappa shape index (κ1) is 16.6. The lowest BCUT2D eigenvalue weighted by Gasteiger charge is -2.21. The molecule has 0 spiro atoms. The molecule has 1 aliphatic heterocycles. The summed E-state index contributed by atoms with van der Waals surface area (Å²) in [4.78, 5) is 38.1. The Labute approximate surface area is 150 Å². The second-order valence-electron chi connectivity index (χ2n) is 7.27.